The average molecular weight is 367 g/mol. The first-order valence-electron chi connectivity index (χ1n) is 4.97. The molecule has 88 valence electrons. The molecule has 0 unspecified atom stereocenters. The summed E-state index contributed by atoms with van der Waals surface area (Å²) in [4.78, 5) is 0. The Labute approximate surface area is 123 Å². The van der Waals surface area contributed by atoms with Crippen LogP contribution in [0.5, 0.6) is 0 Å². The molecular weight excluding hydrogens is 359 g/mol. The van der Waals surface area contributed by atoms with E-state index in [0.29, 0.717) is 11.1 Å². The summed E-state index contributed by atoms with van der Waals surface area (Å²) in [5.41, 5.74) is 1.38. The van der Waals surface area contributed by atoms with Crippen LogP contribution in [0, 0.1) is 29.8 Å². The van der Waals surface area contributed by atoms with Crippen molar-refractivity contribution in [2.75, 3.05) is 0 Å². The molecule has 0 radical (unpaired) electrons. The van der Waals surface area contributed by atoms with Gasteiger partial charge in [0.2, 0.25) is 0 Å². The van der Waals surface area contributed by atoms with Crippen molar-refractivity contribution in [3.8, 4) is 12.1 Å². The maximum absolute atomic E-state index is 8.70. The molecule has 4 heteroatoms. The summed E-state index contributed by atoms with van der Waals surface area (Å²) < 4.78 is 2.54. The zero-order chi connectivity index (χ0) is 12.1. The van der Waals surface area contributed by atoms with Crippen LogP contribution in [0.2, 0.25) is 0 Å². The predicted molar refractivity (Wildman–Crippen MR) is 59.7 cm³/mol. The van der Waals surface area contributed by atoms with Gasteiger partial charge < -0.3 is 12.4 Å². The Hall–Kier alpha value is -1.56. The second-order valence-electron chi connectivity index (χ2n) is 3.33. The van der Waals surface area contributed by atoms with E-state index in [-0.39, 0.29) is 33.6 Å². The molecule has 0 aliphatic rings. The lowest BCUT2D eigenvalue weighted by molar-refractivity contribution is -0.597. The average Bonchev–Trinajstić information content (AvgIpc) is 2.40. The van der Waals surface area contributed by atoms with E-state index in [2.05, 4.69) is 12.1 Å². The number of halogens is 2. The first kappa shape index (κ1) is 14.5. The molecule has 0 saturated heterocycles. The molecule has 0 heterocycles. The highest BCUT2D eigenvalue weighted by Gasteiger charge is 2.14. The second kappa shape index (κ2) is 7.00. The van der Waals surface area contributed by atoms with Crippen molar-refractivity contribution in [2.45, 2.75) is 0 Å². The Morgan fingerprint density at radius 3 is 1.28 bits per heavy atom. The topological polar surface area (TPSA) is 47.6 Å². The highest BCUT2D eigenvalue weighted by molar-refractivity contribution is 5.28. The van der Waals surface area contributed by atoms with Gasteiger partial charge in [0.1, 0.15) is 0 Å². The normalized spacial score (nSPS) is 8.78. The van der Waals surface area contributed by atoms with Gasteiger partial charge in [-0.05, 0) is 48.5 Å². The van der Waals surface area contributed by atoms with Crippen LogP contribution in [0.25, 0.3) is 0 Å². The first-order valence-corrected chi connectivity index (χ1v) is 7.13. The highest BCUT2D eigenvalue weighted by atomic mass is 127. The van der Waals surface area contributed by atoms with Gasteiger partial charge in [0, 0.05) is 0 Å². The van der Waals surface area contributed by atoms with Gasteiger partial charge in [-0.3, -0.25) is 0 Å². The third-order valence-corrected chi connectivity index (χ3v) is 4.85. The maximum Gasteiger partial charge on any atom is 0.357 e. The molecule has 2 aromatic rings. The molecule has 0 bridgehead atoms. The summed E-state index contributed by atoms with van der Waals surface area (Å²) >= 11 is -0.226. The van der Waals surface area contributed by atoms with Crippen molar-refractivity contribution in [2.24, 2.45) is 0 Å². The minimum Gasteiger partial charge on any atom is -1.00 e. The van der Waals surface area contributed by atoms with Crippen molar-refractivity contribution in [1.29, 1.82) is 10.5 Å². The van der Waals surface area contributed by atoms with Gasteiger partial charge in [-0.2, -0.15) is 10.5 Å². The molecule has 2 nitrogen and oxygen atoms in total. The van der Waals surface area contributed by atoms with E-state index in [1.54, 1.807) is 0 Å². The maximum atomic E-state index is 8.70. The predicted octanol–water partition coefficient (Wildman–Crippen LogP) is -3.44. The number of rotatable bonds is 2. The van der Waals surface area contributed by atoms with Crippen LogP contribution >= 0.6 is 0 Å². The quantitative estimate of drug-likeness (QED) is 0.520. The molecule has 0 saturated carbocycles. The van der Waals surface area contributed by atoms with Gasteiger partial charge in [-0.15, -0.1) is 0 Å². The highest BCUT2D eigenvalue weighted by Crippen LogP contribution is 1.96. The van der Waals surface area contributed by atoms with E-state index in [1.165, 1.54) is 7.14 Å². The molecule has 0 fully saturated rings. The van der Waals surface area contributed by atoms with Crippen molar-refractivity contribution in [1.82, 2.24) is 0 Å². The van der Waals surface area contributed by atoms with Crippen molar-refractivity contribution >= 4 is 0 Å². The van der Waals surface area contributed by atoms with Gasteiger partial charge in [-0.25, -0.2) is 0 Å². The van der Waals surface area contributed by atoms with Crippen LogP contribution in [0.1, 0.15) is 11.1 Å². The molecule has 18 heavy (non-hydrogen) atoms. The van der Waals surface area contributed by atoms with Gasteiger partial charge in [-0.1, -0.05) is 0 Å². The Kier molecular flexibility index (Phi) is 5.64. The standard InChI is InChI=1S/C14H8IN2.ClH/c16-9-11-1-5-13(6-2-11)15-14-7-3-12(10-17)4-8-14;/h1-8H;1H/q+1;/p-1. The molecule has 0 amide bonds. The van der Waals surface area contributed by atoms with Crippen molar-refractivity contribution in [3.05, 3.63) is 66.8 Å². The second-order valence-corrected chi connectivity index (χ2v) is 6.36. The molecule has 0 aromatic heterocycles. The zero-order valence-electron chi connectivity index (χ0n) is 9.27. The summed E-state index contributed by atoms with van der Waals surface area (Å²) in [7, 11) is 0. The number of nitrogens with zero attached hydrogens (tertiary/aromatic N) is 2. The smallest absolute Gasteiger partial charge is 0.357 e. The van der Waals surface area contributed by atoms with E-state index in [0.717, 1.165) is 0 Å². The molecule has 2 rings (SSSR count). The lowest BCUT2D eigenvalue weighted by atomic mass is 10.2. The molecule has 0 spiro atoms. The number of hydrogen-bond acceptors (Lipinski definition) is 2. The van der Waals surface area contributed by atoms with Gasteiger partial charge >= 0.3 is 21.2 Å². The van der Waals surface area contributed by atoms with E-state index >= 15 is 0 Å². The largest absolute Gasteiger partial charge is 1.00 e. The lowest BCUT2D eigenvalue weighted by Gasteiger charge is -1.88. The van der Waals surface area contributed by atoms with E-state index in [9.17, 15) is 0 Å². The summed E-state index contributed by atoms with van der Waals surface area (Å²) in [6.45, 7) is 0. The fourth-order valence-electron chi connectivity index (χ4n) is 1.30. The Morgan fingerprint density at radius 2 is 1.00 bits per heavy atom. The minimum atomic E-state index is -0.226. The first-order chi connectivity index (χ1) is 8.31. The summed E-state index contributed by atoms with van der Waals surface area (Å²) in [5, 5.41) is 17.4. The summed E-state index contributed by atoms with van der Waals surface area (Å²) in [6.07, 6.45) is 0. The fourth-order valence-corrected chi connectivity index (χ4v) is 3.46. The van der Waals surface area contributed by atoms with E-state index < -0.39 is 0 Å². The van der Waals surface area contributed by atoms with Gasteiger partial charge in [0.25, 0.3) is 0 Å². The number of hydrogen-bond donors (Lipinski definition) is 0. The van der Waals surface area contributed by atoms with Crippen LogP contribution in [0.4, 0.5) is 0 Å². The zero-order valence-corrected chi connectivity index (χ0v) is 12.2. The Balaban J connectivity index is 0.00000162. The lowest BCUT2D eigenvalue weighted by Crippen LogP contribution is -3.61. The van der Waals surface area contributed by atoms with Crippen LogP contribution < -0.4 is 33.6 Å². The van der Waals surface area contributed by atoms with E-state index in [1.807, 2.05) is 48.5 Å². The monoisotopic (exact) mass is 366 g/mol. The number of benzene rings is 2. The fraction of sp³-hybridized carbons (Fsp3) is 0. The molecule has 0 aliphatic heterocycles. The van der Waals surface area contributed by atoms with Crippen LogP contribution in [0.3, 0.4) is 0 Å². The Bertz CT molecular complexity index is 536. The summed E-state index contributed by atoms with van der Waals surface area (Å²) in [5.74, 6) is 0. The Morgan fingerprint density at radius 1 is 0.667 bits per heavy atom. The van der Waals surface area contributed by atoms with E-state index in [4.69, 9.17) is 10.5 Å². The third kappa shape index (κ3) is 3.73. The van der Waals surface area contributed by atoms with Crippen LogP contribution in [0.15, 0.2) is 48.5 Å². The molecule has 0 atom stereocenters. The van der Waals surface area contributed by atoms with Crippen molar-refractivity contribution in [3.63, 3.8) is 0 Å². The molecule has 0 aliphatic carbocycles. The van der Waals surface area contributed by atoms with Crippen LogP contribution in [-0.2, 0) is 0 Å². The molecule has 0 N–H and O–H groups in total. The summed E-state index contributed by atoms with van der Waals surface area (Å²) in [6, 6.07) is 19.6. The third-order valence-electron chi connectivity index (χ3n) is 2.16. The molecule has 2 aromatic carbocycles. The number of nitriles is 2. The van der Waals surface area contributed by atoms with Crippen LogP contribution in [-0.4, -0.2) is 0 Å². The molecular formula is C14H8ClIN2. The minimum absolute atomic E-state index is 0. The van der Waals surface area contributed by atoms with Gasteiger partial charge in [0.05, 0.1) is 23.3 Å². The van der Waals surface area contributed by atoms with Gasteiger partial charge in [0.15, 0.2) is 7.14 Å². The SMILES string of the molecule is N#Cc1ccc([I+]c2ccc(C#N)cc2)cc1.[Cl-]. The van der Waals surface area contributed by atoms with Crippen molar-refractivity contribution < 1.29 is 33.6 Å².